The SMILES string of the molecule is CC[C@H](C)[C@@H]([C@@H](CC(=O)N1CCC[C@H]1[C@H](OC)[C@@H](C)C(=O)N[C@H](CNS(C)(=O)=O)Cc1ccccc1)OC)N(C)C(=O)[C@@H](NC(=O)[C@@H]1[C@H]2CC[C@H](C2)N1C)C(C)C. The molecule has 2 heterocycles. The topological polar surface area (TPSA) is 167 Å². The van der Waals surface area contributed by atoms with Crippen molar-refractivity contribution >= 4 is 33.7 Å². The molecule has 0 unspecified atom stereocenters. The van der Waals surface area contributed by atoms with Crippen molar-refractivity contribution in [2.75, 3.05) is 47.7 Å². The van der Waals surface area contributed by atoms with E-state index in [1.807, 2.05) is 58.2 Å². The fourth-order valence-electron chi connectivity index (χ4n) is 9.54. The lowest BCUT2D eigenvalue weighted by molar-refractivity contribution is -0.148. The molecule has 3 fully saturated rings. The van der Waals surface area contributed by atoms with Gasteiger partial charge in [-0.15, -0.1) is 0 Å². The number of likely N-dealkylation sites (N-methyl/N-ethyl adjacent to an activating group) is 2. The number of likely N-dealkylation sites (tertiary alicyclic amines) is 2. The highest BCUT2D eigenvalue weighted by atomic mass is 32.2. The average molecular weight is 819 g/mol. The highest BCUT2D eigenvalue weighted by molar-refractivity contribution is 7.88. The van der Waals surface area contributed by atoms with Crippen LogP contribution in [0, 0.1) is 23.7 Å². The van der Waals surface area contributed by atoms with Crippen LogP contribution >= 0.6 is 0 Å². The van der Waals surface area contributed by atoms with Crippen LogP contribution in [0.25, 0.3) is 0 Å². The summed E-state index contributed by atoms with van der Waals surface area (Å²) in [5, 5.41) is 6.16. The van der Waals surface area contributed by atoms with Crippen molar-refractivity contribution in [2.45, 2.75) is 134 Å². The number of sulfonamides is 1. The van der Waals surface area contributed by atoms with Gasteiger partial charge in [-0.2, -0.15) is 0 Å². The third-order valence-electron chi connectivity index (χ3n) is 12.9. The van der Waals surface area contributed by atoms with E-state index in [1.165, 1.54) is 0 Å². The molecule has 3 N–H and O–H groups in total. The van der Waals surface area contributed by atoms with Crippen LogP contribution in [0.15, 0.2) is 30.3 Å². The molecule has 14 nitrogen and oxygen atoms in total. The number of hydrogen-bond donors (Lipinski definition) is 3. The second-order valence-electron chi connectivity index (χ2n) is 17.2. The van der Waals surface area contributed by atoms with E-state index in [1.54, 1.807) is 38.0 Å². The van der Waals surface area contributed by atoms with Crippen LogP contribution in [-0.4, -0.2) is 143 Å². The monoisotopic (exact) mass is 818 g/mol. The van der Waals surface area contributed by atoms with Crippen LogP contribution < -0.4 is 15.4 Å². The zero-order valence-corrected chi connectivity index (χ0v) is 36.7. The van der Waals surface area contributed by atoms with E-state index < -0.39 is 46.3 Å². The molecule has 57 heavy (non-hydrogen) atoms. The number of nitrogens with zero attached hydrogens (tertiary/aromatic N) is 3. The van der Waals surface area contributed by atoms with E-state index in [-0.39, 0.29) is 60.5 Å². The standard InChI is InChI=1S/C42H70N6O8S/c1-11-27(4)37(47(7)42(52)36(26(2)3)45-41(51)38-30-19-20-32(23-30)46(38)6)34(55-8)24-35(49)48-21-15-18-33(48)39(56-9)28(5)40(50)44-31(25-43-57(10,53)54)22-29-16-13-12-14-17-29/h12-14,16-17,26-28,30-34,36-39,43H,11,15,18-25H2,1-10H3,(H,44,50)(H,45,51)/t27-,28+,30-,31-,32+,33-,34+,36-,37-,38-,39+/m0/s1. The van der Waals surface area contributed by atoms with Crippen LogP contribution in [0.5, 0.6) is 0 Å². The van der Waals surface area contributed by atoms with Gasteiger partial charge in [0, 0.05) is 46.4 Å². The quantitative estimate of drug-likeness (QED) is 0.169. The number of nitrogens with one attached hydrogen (secondary N) is 3. The summed E-state index contributed by atoms with van der Waals surface area (Å²) in [7, 11) is 3.36. The highest BCUT2D eigenvalue weighted by Crippen LogP contribution is 2.41. The molecule has 15 heteroatoms. The number of amides is 4. The molecular formula is C42H70N6O8S. The summed E-state index contributed by atoms with van der Waals surface area (Å²) in [5.74, 6) is -1.31. The molecule has 322 valence electrons. The maximum atomic E-state index is 14.3. The number of benzene rings is 1. The van der Waals surface area contributed by atoms with Gasteiger partial charge in [-0.3, -0.25) is 24.1 Å². The summed E-state index contributed by atoms with van der Waals surface area (Å²) in [6, 6.07) is 7.63. The zero-order valence-electron chi connectivity index (χ0n) is 35.9. The number of carbonyl (C=O) groups excluding carboxylic acids is 4. The van der Waals surface area contributed by atoms with E-state index in [0.29, 0.717) is 31.3 Å². The smallest absolute Gasteiger partial charge is 0.245 e. The Morgan fingerprint density at radius 1 is 0.982 bits per heavy atom. The molecule has 1 aromatic rings. The van der Waals surface area contributed by atoms with E-state index in [2.05, 4.69) is 27.2 Å². The summed E-state index contributed by atoms with van der Waals surface area (Å²) >= 11 is 0. The van der Waals surface area contributed by atoms with Gasteiger partial charge in [-0.1, -0.05) is 71.4 Å². The van der Waals surface area contributed by atoms with Gasteiger partial charge in [0.2, 0.25) is 33.7 Å². The molecule has 11 atom stereocenters. The average Bonchev–Trinajstić information content (AvgIpc) is 3.93. The van der Waals surface area contributed by atoms with Gasteiger partial charge in [-0.25, -0.2) is 13.1 Å². The third-order valence-corrected chi connectivity index (χ3v) is 13.6. The fraction of sp³-hybridized carbons (Fsp3) is 0.762. The number of ether oxygens (including phenoxy) is 2. The lowest BCUT2D eigenvalue weighted by Gasteiger charge is -2.41. The molecule has 2 aliphatic heterocycles. The molecule has 2 bridgehead atoms. The summed E-state index contributed by atoms with van der Waals surface area (Å²) in [6.07, 6.45) is 5.52. The van der Waals surface area contributed by atoms with E-state index >= 15 is 0 Å². The van der Waals surface area contributed by atoms with Gasteiger partial charge < -0.3 is 29.9 Å². The van der Waals surface area contributed by atoms with Crippen molar-refractivity contribution in [1.82, 2.24) is 30.1 Å². The van der Waals surface area contributed by atoms with Crippen molar-refractivity contribution in [3.63, 3.8) is 0 Å². The fourth-order valence-corrected chi connectivity index (χ4v) is 10.0. The minimum absolute atomic E-state index is 0.0155. The Hall–Kier alpha value is -3.11. The number of methoxy groups -OCH3 is 2. The molecule has 1 saturated carbocycles. The summed E-state index contributed by atoms with van der Waals surface area (Å²) in [6.45, 7) is 10.3. The number of carbonyl (C=O) groups is 4. The Labute approximate surface area is 341 Å². The van der Waals surface area contributed by atoms with Crippen molar-refractivity contribution < 1.29 is 37.1 Å². The lowest BCUT2D eigenvalue weighted by Crippen LogP contribution is -2.60. The number of rotatable bonds is 21. The summed E-state index contributed by atoms with van der Waals surface area (Å²) < 4.78 is 38.4. The molecule has 1 aromatic carbocycles. The van der Waals surface area contributed by atoms with Crippen LogP contribution in [0.4, 0.5) is 0 Å². The maximum absolute atomic E-state index is 14.3. The Kier molecular flexibility index (Phi) is 16.9. The van der Waals surface area contributed by atoms with E-state index in [0.717, 1.165) is 43.9 Å². The second-order valence-corrected chi connectivity index (χ2v) is 19.0. The van der Waals surface area contributed by atoms with E-state index in [4.69, 9.17) is 9.47 Å². The van der Waals surface area contributed by atoms with Gasteiger partial charge in [0.05, 0.1) is 48.9 Å². The first-order valence-electron chi connectivity index (χ1n) is 20.8. The van der Waals surface area contributed by atoms with E-state index in [9.17, 15) is 27.6 Å². The zero-order chi connectivity index (χ0) is 42.2. The molecular weight excluding hydrogens is 749 g/mol. The molecule has 2 saturated heterocycles. The maximum Gasteiger partial charge on any atom is 0.245 e. The minimum Gasteiger partial charge on any atom is -0.379 e. The van der Waals surface area contributed by atoms with Crippen molar-refractivity contribution in [3.05, 3.63) is 35.9 Å². The van der Waals surface area contributed by atoms with Crippen molar-refractivity contribution in [2.24, 2.45) is 23.7 Å². The highest BCUT2D eigenvalue weighted by Gasteiger charge is 2.49. The van der Waals surface area contributed by atoms with Crippen LogP contribution in [0.3, 0.4) is 0 Å². The molecule has 0 aromatic heterocycles. The molecule has 3 aliphatic rings. The second kappa shape index (κ2) is 20.7. The predicted octanol–water partition coefficient (Wildman–Crippen LogP) is 2.81. The Bertz CT molecular complexity index is 1610. The number of hydrogen-bond acceptors (Lipinski definition) is 9. The number of piperidine rings is 1. The van der Waals surface area contributed by atoms with Crippen LogP contribution in [-0.2, 0) is 45.1 Å². The molecule has 4 amide bonds. The normalized spacial score (nSPS) is 24.7. The Morgan fingerprint density at radius 3 is 2.23 bits per heavy atom. The molecule has 0 spiro atoms. The molecule has 0 radical (unpaired) electrons. The van der Waals surface area contributed by atoms with Crippen molar-refractivity contribution in [3.8, 4) is 0 Å². The largest absolute Gasteiger partial charge is 0.379 e. The Morgan fingerprint density at radius 2 is 1.67 bits per heavy atom. The molecule has 4 rings (SSSR count). The number of fused-ring (bicyclic) bond motifs is 2. The van der Waals surface area contributed by atoms with Crippen molar-refractivity contribution in [1.29, 1.82) is 0 Å². The van der Waals surface area contributed by atoms with Gasteiger partial charge in [0.15, 0.2) is 0 Å². The minimum atomic E-state index is -3.49. The van der Waals surface area contributed by atoms with Gasteiger partial charge in [0.25, 0.3) is 0 Å². The van der Waals surface area contributed by atoms with Crippen LogP contribution in [0.2, 0.25) is 0 Å². The van der Waals surface area contributed by atoms with Crippen LogP contribution in [0.1, 0.15) is 85.1 Å². The van der Waals surface area contributed by atoms with Gasteiger partial charge >= 0.3 is 0 Å². The summed E-state index contributed by atoms with van der Waals surface area (Å²) in [4.78, 5) is 61.7. The first-order valence-corrected chi connectivity index (χ1v) is 22.7. The predicted molar refractivity (Wildman–Crippen MR) is 220 cm³/mol. The Balaban J connectivity index is 1.46. The first-order chi connectivity index (χ1) is 26.9. The summed E-state index contributed by atoms with van der Waals surface area (Å²) in [5.41, 5.74) is 0.949. The van der Waals surface area contributed by atoms with Gasteiger partial charge in [0.1, 0.15) is 6.04 Å². The lowest BCUT2D eigenvalue weighted by atomic mass is 9.89. The van der Waals surface area contributed by atoms with Gasteiger partial charge in [-0.05, 0) is 68.9 Å². The molecule has 1 aliphatic carbocycles. The first kappa shape index (κ1) is 46.6. The third kappa shape index (κ3) is 11.8.